The molecular weight excluding hydrogens is 286 g/mol. The first-order valence-electron chi connectivity index (χ1n) is 7.72. The fourth-order valence-corrected chi connectivity index (χ4v) is 2.32. The molecule has 0 radical (unpaired) electrons. The lowest BCUT2D eigenvalue weighted by atomic mass is 9.95. The number of aromatic nitrogens is 2. The molecule has 4 heteroatoms. The van der Waals surface area contributed by atoms with Crippen molar-refractivity contribution >= 4 is 17.4 Å². The number of hydrogen-bond acceptors (Lipinski definition) is 2. The Kier molecular flexibility index (Phi) is 3.68. The summed E-state index contributed by atoms with van der Waals surface area (Å²) in [4.78, 5) is 17.2. The quantitative estimate of drug-likeness (QED) is 0.767. The van der Waals surface area contributed by atoms with E-state index in [4.69, 9.17) is 4.98 Å². The van der Waals surface area contributed by atoms with Gasteiger partial charge in [-0.2, -0.15) is 0 Å². The van der Waals surface area contributed by atoms with Crippen molar-refractivity contribution in [3.8, 4) is 11.3 Å². The van der Waals surface area contributed by atoms with Crippen molar-refractivity contribution in [2.24, 2.45) is 5.41 Å². The number of carbonyl (C=O) groups is 1. The molecule has 0 saturated carbocycles. The van der Waals surface area contributed by atoms with Gasteiger partial charge in [0, 0.05) is 17.2 Å². The summed E-state index contributed by atoms with van der Waals surface area (Å²) in [5.41, 5.74) is 3.31. The zero-order valence-corrected chi connectivity index (χ0v) is 13.9. The molecule has 0 aliphatic rings. The van der Waals surface area contributed by atoms with E-state index in [1.165, 1.54) is 5.56 Å². The van der Waals surface area contributed by atoms with Gasteiger partial charge in [-0.3, -0.25) is 9.20 Å². The molecule has 1 aromatic carbocycles. The van der Waals surface area contributed by atoms with Gasteiger partial charge in [0.05, 0.1) is 0 Å². The van der Waals surface area contributed by atoms with E-state index in [0.717, 1.165) is 16.9 Å². The van der Waals surface area contributed by atoms with Crippen LogP contribution in [0.5, 0.6) is 0 Å². The third-order valence-corrected chi connectivity index (χ3v) is 3.77. The Hall–Kier alpha value is -2.62. The second-order valence-electron chi connectivity index (χ2n) is 6.81. The molecule has 1 N–H and O–H groups in total. The van der Waals surface area contributed by atoms with Crippen molar-refractivity contribution in [2.75, 3.05) is 5.32 Å². The van der Waals surface area contributed by atoms with Crippen LogP contribution in [0.2, 0.25) is 0 Å². The number of imidazole rings is 1. The summed E-state index contributed by atoms with van der Waals surface area (Å²) < 4.78 is 1.92. The molecule has 3 rings (SSSR count). The molecule has 0 bridgehead atoms. The molecule has 4 nitrogen and oxygen atoms in total. The average molecular weight is 307 g/mol. The van der Waals surface area contributed by atoms with Gasteiger partial charge in [-0.15, -0.1) is 0 Å². The largest absolute Gasteiger partial charge is 0.309 e. The summed E-state index contributed by atoms with van der Waals surface area (Å²) in [7, 11) is 0. The van der Waals surface area contributed by atoms with Gasteiger partial charge in [-0.25, -0.2) is 4.98 Å². The fourth-order valence-electron chi connectivity index (χ4n) is 2.32. The topological polar surface area (TPSA) is 46.4 Å². The molecule has 0 atom stereocenters. The number of benzene rings is 1. The average Bonchev–Trinajstić information content (AvgIpc) is 2.86. The third-order valence-electron chi connectivity index (χ3n) is 3.77. The molecule has 0 spiro atoms. The number of nitrogens with one attached hydrogen (secondary N) is 1. The van der Waals surface area contributed by atoms with Crippen LogP contribution in [0.3, 0.4) is 0 Å². The summed E-state index contributed by atoms with van der Waals surface area (Å²) in [6.45, 7) is 7.75. The Labute approximate surface area is 136 Å². The minimum atomic E-state index is -0.469. The number of rotatable bonds is 2. The first-order valence-corrected chi connectivity index (χ1v) is 7.72. The summed E-state index contributed by atoms with van der Waals surface area (Å²) in [6.07, 6.45) is 1.91. The number of aryl methyl sites for hydroxylation is 1. The molecule has 0 aliphatic carbocycles. The Morgan fingerprint density at radius 1 is 1.09 bits per heavy atom. The molecule has 2 heterocycles. The third kappa shape index (κ3) is 2.97. The second-order valence-corrected chi connectivity index (χ2v) is 6.81. The summed E-state index contributed by atoms with van der Waals surface area (Å²) in [5, 5.41) is 3.05. The van der Waals surface area contributed by atoms with Crippen LogP contribution in [0.1, 0.15) is 26.3 Å². The number of nitrogens with zero attached hydrogens (tertiary/aromatic N) is 2. The van der Waals surface area contributed by atoms with Gasteiger partial charge in [-0.1, -0.05) is 56.7 Å². The Morgan fingerprint density at radius 3 is 2.43 bits per heavy atom. The van der Waals surface area contributed by atoms with Crippen LogP contribution in [-0.4, -0.2) is 15.3 Å². The summed E-state index contributed by atoms with van der Waals surface area (Å²) in [6, 6.07) is 14.0. The van der Waals surface area contributed by atoms with E-state index in [0.29, 0.717) is 5.82 Å². The number of fused-ring (bicyclic) bond motifs is 1. The SMILES string of the molecule is Cc1ccc(-c2nc3ccccn3c2NC(=O)C(C)(C)C)cc1. The molecule has 0 saturated heterocycles. The number of hydrogen-bond donors (Lipinski definition) is 1. The minimum Gasteiger partial charge on any atom is -0.309 e. The van der Waals surface area contributed by atoms with Gasteiger partial charge in [0.2, 0.25) is 5.91 Å². The Morgan fingerprint density at radius 2 is 1.78 bits per heavy atom. The van der Waals surface area contributed by atoms with Crippen molar-refractivity contribution in [1.82, 2.24) is 9.38 Å². The lowest BCUT2D eigenvalue weighted by Crippen LogP contribution is -2.28. The molecule has 0 unspecified atom stereocenters. The molecule has 23 heavy (non-hydrogen) atoms. The summed E-state index contributed by atoms with van der Waals surface area (Å²) >= 11 is 0. The van der Waals surface area contributed by atoms with Crippen LogP contribution >= 0.6 is 0 Å². The molecule has 0 aliphatic heterocycles. The molecule has 118 valence electrons. The number of pyridine rings is 1. The van der Waals surface area contributed by atoms with Crippen LogP contribution in [0.4, 0.5) is 5.82 Å². The standard InChI is InChI=1S/C19H21N3O/c1-13-8-10-14(11-9-13)16-17(21-18(23)19(2,3)4)22-12-6-5-7-15(22)20-16/h5-12H,1-4H3,(H,21,23). The van der Waals surface area contributed by atoms with Gasteiger partial charge >= 0.3 is 0 Å². The van der Waals surface area contributed by atoms with E-state index < -0.39 is 5.41 Å². The second kappa shape index (κ2) is 5.54. The number of anilines is 1. The van der Waals surface area contributed by atoms with E-state index >= 15 is 0 Å². The first kappa shape index (κ1) is 15.3. The predicted molar refractivity (Wildman–Crippen MR) is 93.4 cm³/mol. The number of carbonyl (C=O) groups excluding carboxylic acids is 1. The summed E-state index contributed by atoms with van der Waals surface area (Å²) in [5.74, 6) is 0.681. The maximum Gasteiger partial charge on any atom is 0.230 e. The van der Waals surface area contributed by atoms with Crippen molar-refractivity contribution < 1.29 is 4.79 Å². The normalized spacial score (nSPS) is 11.7. The van der Waals surface area contributed by atoms with Crippen LogP contribution in [0, 0.1) is 12.3 Å². The molecule has 1 amide bonds. The van der Waals surface area contributed by atoms with Gasteiger partial charge < -0.3 is 5.32 Å². The zero-order chi connectivity index (χ0) is 16.6. The van der Waals surface area contributed by atoms with E-state index in [-0.39, 0.29) is 5.91 Å². The van der Waals surface area contributed by atoms with Crippen molar-refractivity contribution in [2.45, 2.75) is 27.7 Å². The zero-order valence-electron chi connectivity index (χ0n) is 13.9. The highest BCUT2D eigenvalue weighted by Crippen LogP contribution is 2.30. The molecule has 0 fully saturated rings. The fraction of sp³-hybridized carbons (Fsp3) is 0.263. The monoisotopic (exact) mass is 307 g/mol. The highest BCUT2D eigenvalue weighted by Gasteiger charge is 2.24. The van der Waals surface area contributed by atoms with E-state index in [1.807, 2.05) is 61.7 Å². The van der Waals surface area contributed by atoms with Crippen LogP contribution in [0.25, 0.3) is 16.9 Å². The van der Waals surface area contributed by atoms with Gasteiger partial charge in [0.15, 0.2) is 0 Å². The van der Waals surface area contributed by atoms with Crippen molar-refractivity contribution in [1.29, 1.82) is 0 Å². The van der Waals surface area contributed by atoms with Crippen LogP contribution in [-0.2, 0) is 4.79 Å². The van der Waals surface area contributed by atoms with Crippen LogP contribution in [0.15, 0.2) is 48.7 Å². The smallest absolute Gasteiger partial charge is 0.230 e. The number of amides is 1. The lowest BCUT2D eigenvalue weighted by Gasteiger charge is -2.18. The van der Waals surface area contributed by atoms with E-state index in [2.05, 4.69) is 24.4 Å². The lowest BCUT2D eigenvalue weighted by molar-refractivity contribution is -0.123. The highest BCUT2D eigenvalue weighted by molar-refractivity contribution is 5.97. The molecular formula is C19H21N3O. The van der Waals surface area contributed by atoms with E-state index in [9.17, 15) is 4.79 Å². The van der Waals surface area contributed by atoms with Crippen molar-refractivity contribution in [3.63, 3.8) is 0 Å². The van der Waals surface area contributed by atoms with Crippen LogP contribution < -0.4 is 5.32 Å². The van der Waals surface area contributed by atoms with Gasteiger partial charge in [0.1, 0.15) is 17.2 Å². The van der Waals surface area contributed by atoms with Gasteiger partial charge in [0.25, 0.3) is 0 Å². The maximum absolute atomic E-state index is 12.5. The molecule has 3 aromatic rings. The molecule has 2 aromatic heterocycles. The first-order chi connectivity index (χ1) is 10.9. The Balaban J connectivity index is 2.15. The Bertz CT molecular complexity index is 854. The van der Waals surface area contributed by atoms with Gasteiger partial charge in [-0.05, 0) is 19.1 Å². The maximum atomic E-state index is 12.5. The van der Waals surface area contributed by atoms with Crippen molar-refractivity contribution in [3.05, 3.63) is 54.2 Å². The highest BCUT2D eigenvalue weighted by atomic mass is 16.2. The minimum absolute atomic E-state index is 0.0310. The van der Waals surface area contributed by atoms with E-state index in [1.54, 1.807) is 0 Å². The predicted octanol–water partition coefficient (Wildman–Crippen LogP) is 4.29.